The summed E-state index contributed by atoms with van der Waals surface area (Å²) < 4.78 is 5.60. The molecular formula is C17H17N3OS. The molecule has 0 amide bonds. The molecule has 0 aliphatic carbocycles. The number of pyridine rings is 1. The molecule has 0 saturated heterocycles. The average Bonchev–Trinajstić information content (AvgIpc) is 3.04. The molecule has 0 unspecified atom stereocenters. The van der Waals surface area contributed by atoms with Crippen LogP contribution in [-0.2, 0) is 0 Å². The van der Waals surface area contributed by atoms with Gasteiger partial charge >= 0.3 is 0 Å². The van der Waals surface area contributed by atoms with Crippen molar-refractivity contribution in [2.75, 3.05) is 12.3 Å². The second-order valence-electron chi connectivity index (χ2n) is 4.85. The fraction of sp³-hybridized carbons (Fsp3) is 0.176. The standard InChI is InChI=1S/C17H17N3OS/c1-2-9-21-16-7-6-12(10-13(16)18)17-20-15(11-22-17)14-5-3-4-8-19-14/h3-8,10-11H,2,9,18H2,1H3. The third-order valence-electron chi connectivity index (χ3n) is 3.15. The van der Waals surface area contributed by atoms with Crippen LogP contribution >= 0.6 is 11.3 Å². The van der Waals surface area contributed by atoms with E-state index in [-0.39, 0.29) is 0 Å². The number of nitrogens with zero attached hydrogens (tertiary/aromatic N) is 2. The number of benzene rings is 1. The first-order chi connectivity index (χ1) is 10.8. The van der Waals surface area contributed by atoms with E-state index in [0.717, 1.165) is 34.1 Å². The second-order valence-corrected chi connectivity index (χ2v) is 5.71. The zero-order valence-corrected chi connectivity index (χ0v) is 13.1. The van der Waals surface area contributed by atoms with Gasteiger partial charge in [-0.05, 0) is 36.8 Å². The van der Waals surface area contributed by atoms with Crippen LogP contribution in [0.25, 0.3) is 22.0 Å². The predicted octanol–water partition coefficient (Wildman–Crippen LogP) is 4.24. The summed E-state index contributed by atoms with van der Waals surface area (Å²) in [5.41, 5.74) is 9.45. The molecule has 3 aromatic rings. The molecule has 4 nitrogen and oxygen atoms in total. The number of nitrogens with two attached hydrogens (primary N) is 1. The van der Waals surface area contributed by atoms with Gasteiger partial charge < -0.3 is 10.5 Å². The van der Waals surface area contributed by atoms with E-state index < -0.39 is 0 Å². The van der Waals surface area contributed by atoms with Gasteiger partial charge in [-0.25, -0.2) is 4.98 Å². The Labute approximate surface area is 133 Å². The summed E-state index contributed by atoms with van der Waals surface area (Å²) in [6.45, 7) is 2.74. The van der Waals surface area contributed by atoms with Gasteiger partial charge in [-0.15, -0.1) is 11.3 Å². The first-order valence-electron chi connectivity index (χ1n) is 7.17. The minimum absolute atomic E-state index is 0.639. The number of anilines is 1. The second kappa shape index (κ2) is 6.58. The van der Waals surface area contributed by atoms with E-state index in [4.69, 9.17) is 10.5 Å². The van der Waals surface area contributed by atoms with Crippen molar-refractivity contribution in [2.45, 2.75) is 13.3 Å². The molecule has 1 aromatic carbocycles. The molecule has 0 atom stereocenters. The normalized spacial score (nSPS) is 10.6. The van der Waals surface area contributed by atoms with E-state index in [1.165, 1.54) is 0 Å². The van der Waals surface area contributed by atoms with Gasteiger partial charge in [-0.3, -0.25) is 4.98 Å². The van der Waals surface area contributed by atoms with Gasteiger partial charge in [0.15, 0.2) is 0 Å². The molecule has 0 aliphatic rings. The summed E-state index contributed by atoms with van der Waals surface area (Å²) in [6, 6.07) is 11.6. The van der Waals surface area contributed by atoms with Crippen molar-refractivity contribution < 1.29 is 4.74 Å². The van der Waals surface area contributed by atoms with Crippen molar-refractivity contribution in [3.8, 4) is 27.7 Å². The molecule has 0 spiro atoms. The summed E-state index contributed by atoms with van der Waals surface area (Å²) >= 11 is 1.58. The molecule has 2 aromatic heterocycles. The van der Waals surface area contributed by atoms with Gasteiger partial charge in [-0.1, -0.05) is 13.0 Å². The van der Waals surface area contributed by atoms with E-state index in [1.807, 2.05) is 41.8 Å². The molecule has 0 fully saturated rings. The first-order valence-corrected chi connectivity index (χ1v) is 8.05. The molecular weight excluding hydrogens is 294 g/mol. The monoisotopic (exact) mass is 311 g/mol. The third-order valence-corrected chi connectivity index (χ3v) is 4.04. The van der Waals surface area contributed by atoms with Crippen LogP contribution in [0.4, 0.5) is 5.69 Å². The van der Waals surface area contributed by atoms with E-state index in [9.17, 15) is 0 Å². The SMILES string of the molecule is CCCOc1ccc(-c2nc(-c3ccccn3)cs2)cc1N. The first kappa shape index (κ1) is 14.5. The minimum Gasteiger partial charge on any atom is -0.491 e. The highest BCUT2D eigenvalue weighted by Gasteiger charge is 2.09. The Morgan fingerprint density at radius 2 is 2.09 bits per heavy atom. The van der Waals surface area contributed by atoms with Crippen LogP contribution in [0, 0.1) is 0 Å². The number of ether oxygens (including phenoxy) is 1. The summed E-state index contributed by atoms with van der Waals surface area (Å²) in [7, 11) is 0. The number of hydrogen-bond acceptors (Lipinski definition) is 5. The van der Waals surface area contributed by atoms with Crippen molar-refractivity contribution in [1.82, 2.24) is 9.97 Å². The molecule has 0 saturated carbocycles. The van der Waals surface area contributed by atoms with Crippen molar-refractivity contribution >= 4 is 17.0 Å². The maximum absolute atomic E-state index is 6.06. The number of rotatable bonds is 5. The Kier molecular flexibility index (Phi) is 4.34. The molecule has 0 radical (unpaired) electrons. The summed E-state index contributed by atoms with van der Waals surface area (Å²) in [5.74, 6) is 0.729. The van der Waals surface area contributed by atoms with Crippen LogP contribution in [0.1, 0.15) is 13.3 Å². The zero-order valence-electron chi connectivity index (χ0n) is 12.3. The lowest BCUT2D eigenvalue weighted by Gasteiger charge is -2.08. The molecule has 2 N–H and O–H groups in total. The number of aromatic nitrogens is 2. The fourth-order valence-corrected chi connectivity index (χ4v) is 2.87. The molecule has 2 heterocycles. The smallest absolute Gasteiger partial charge is 0.142 e. The minimum atomic E-state index is 0.639. The molecule has 5 heteroatoms. The number of hydrogen-bond donors (Lipinski definition) is 1. The fourth-order valence-electron chi connectivity index (χ4n) is 2.06. The van der Waals surface area contributed by atoms with Crippen LogP contribution < -0.4 is 10.5 Å². The number of thiazole rings is 1. The van der Waals surface area contributed by atoms with Crippen molar-refractivity contribution in [1.29, 1.82) is 0 Å². The van der Waals surface area contributed by atoms with Gasteiger partial charge in [0.05, 0.1) is 18.0 Å². The highest BCUT2D eigenvalue weighted by molar-refractivity contribution is 7.13. The third kappa shape index (κ3) is 3.09. The topological polar surface area (TPSA) is 61.0 Å². The molecule has 22 heavy (non-hydrogen) atoms. The zero-order chi connectivity index (χ0) is 15.4. The van der Waals surface area contributed by atoms with Crippen molar-refractivity contribution in [3.05, 3.63) is 48.0 Å². The number of nitrogen functional groups attached to an aromatic ring is 1. The van der Waals surface area contributed by atoms with Gasteiger partial charge in [0, 0.05) is 17.1 Å². The van der Waals surface area contributed by atoms with Crippen LogP contribution in [0.2, 0.25) is 0 Å². The van der Waals surface area contributed by atoms with Crippen LogP contribution in [0.3, 0.4) is 0 Å². The van der Waals surface area contributed by atoms with Crippen molar-refractivity contribution in [2.24, 2.45) is 0 Å². The highest BCUT2D eigenvalue weighted by Crippen LogP contribution is 2.32. The van der Waals surface area contributed by atoms with E-state index in [2.05, 4.69) is 16.9 Å². The summed E-state index contributed by atoms with van der Waals surface area (Å²) in [6.07, 6.45) is 2.73. The lowest BCUT2D eigenvalue weighted by Crippen LogP contribution is -1.99. The van der Waals surface area contributed by atoms with Crippen molar-refractivity contribution in [3.63, 3.8) is 0 Å². The molecule has 112 valence electrons. The molecule has 3 rings (SSSR count). The largest absolute Gasteiger partial charge is 0.491 e. The van der Waals surface area contributed by atoms with Gasteiger partial charge in [0.1, 0.15) is 16.5 Å². The van der Waals surface area contributed by atoms with E-state index >= 15 is 0 Å². The summed E-state index contributed by atoms with van der Waals surface area (Å²) in [5, 5.41) is 2.93. The van der Waals surface area contributed by atoms with Gasteiger partial charge in [0.2, 0.25) is 0 Å². The Morgan fingerprint density at radius 3 is 2.82 bits per heavy atom. The Balaban J connectivity index is 1.86. The van der Waals surface area contributed by atoms with E-state index in [1.54, 1.807) is 17.5 Å². The lowest BCUT2D eigenvalue weighted by atomic mass is 10.2. The van der Waals surface area contributed by atoms with Crippen LogP contribution in [0.15, 0.2) is 48.0 Å². The van der Waals surface area contributed by atoms with Crippen LogP contribution in [0.5, 0.6) is 5.75 Å². The highest BCUT2D eigenvalue weighted by atomic mass is 32.1. The van der Waals surface area contributed by atoms with Gasteiger partial charge in [0.25, 0.3) is 0 Å². The Hall–Kier alpha value is -2.40. The predicted molar refractivity (Wildman–Crippen MR) is 91.0 cm³/mol. The molecule has 0 bridgehead atoms. The lowest BCUT2D eigenvalue weighted by molar-refractivity contribution is 0.319. The quantitative estimate of drug-likeness (QED) is 0.716. The Morgan fingerprint density at radius 1 is 1.18 bits per heavy atom. The molecule has 0 aliphatic heterocycles. The Bertz CT molecular complexity index is 756. The maximum atomic E-state index is 6.06. The van der Waals surface area contributed by atoms with Gasteiger partial charge in [-0.2, -0.15) is 0 Å². The average molecular weight is 311 g/mol. The van der Waals surface area contributed by atoms with E-state index in [0.29, 0.717) is 12.3 Å². The van der Waals surface area contributed by atoms with Crippen LogP contribution in [-0.4, -0.2) is 16.6 Å². The maximum Gasteiger partial charge on any atom is 0.142 e. The summed E-state index contributed by atoms with van der Waals surface area (Å²) in [4.78, 5) is 8.96.